The van der Waals surface area contributed by atoms with Crippen molar-refractivity contribution in [1.29, 1.82) is 0 Å². The number of ether oxygens (including phenoxy) is 1. The van der Waals surface area contributed by atoms with Crippen molar-refractivity contribution in [2.24, 2.45) is 0 Å². The summed E-state index contributed by atoms with van der Waals surface area (Å²) in [4.78, 5) is 21.2. The third-order valence-corrected chi connectivity index (χ3v) is 4.55. The SMILES string of the molecule is Cc1cc(N(C)C)cc([C@@H]2CN(C(=O)CCn3ccc(C)n3)CCO2)n1. The Balaban J connectivity index is 1.64. The lowest BCUT2D eigenvalue weighted by molar-refractivity contribution is -0.139. The van der Waals surface area contributed by atoms with E-state index in [0.29, 0.717) is 32.7 Å². The third kappa shape index (κ3) is 4.40. The van der Waals surface area contributed by atoms with Gasteiger partial charge in [0.05, 0.1) is 24.5 Å². The van der Waals surface area contributed by atoms with E-state index in [1.54, 1.807) is 0 Å². The second-order valence-corrected chi connectivity index (χ2v) is 6.96. The minimum atomic E-state index is -0.182. The smallest absolute Gasteiger partial charge is 0.224 e. The molecule has 0 aromatic carbocycles. The molecule has 1 aliphatic rings. The van der Waals surface area contributed by atoms with Crippen LogP contribution in [0.4, 0.5) is 5.69 Å². The standard InChI is InChI=1S/C19H27N5O2/c1-14-5-7-24(21-14)8-6-19(25)23-9-10-26-18(13-23)17-12-16(22(3)4)11-15(2)20-17/h5,7,11-12,18H,6,8-10,13H2,1-4H3/t18-/m0/s1. The molecule has 0 spiro atoms. The van der Waals surface area contributed by atoms with Crippen LogP contribution in [0.1, 0.15) is 29.6 Å². The maximum atomic E-state index is 12.6. The first kappa shape index (κ1) is 18.4. The average Bonchev–Trinajstić information content (AvgIpc) is 3.04. The largest absolute Gasteiger partial charge is 0.378 e. The highest BCUT2D eigenvalue weighted by atomic mass is 16.5. The molecule has 0 N–H and O–H groups in total. The fourth-order valence-corrected chi connectivity index (χ4v) is 3.11. The first-order chi connectivity index (χ1) is 12.4. The Morgan fingerprint density at radius 3 is 2.81 bits per heavy atom. The monoisotopic (exact) mass is 357 g/mol. The molecule has 3 heterocycles. The molecule has 7 nitrogen and oxygen atoms in total. The quantitative estimate of drug-likeness (QED) is 0.818. The number of carbonyl (C=O) groups is 1. The van der Waals surface area contributed by atoms with Gasteiger partial charge in [-0.05, 0) is 32.0 Å². The predicted molar refractivity (Wildman–Crippen MR) is 100 cm³/mol. The summed E-state index contributed by atoms with van der Waals surface area (Å²) < 4.78 is 7.72. The average molecular weight is 357 g/mol. The van der Waals surface area contributed by atoms with Gasteiger partial charge in [0.2, 0.25) is 5.91 Å². The molecular weight excluding hydrogens is 330 g/mol. The van der Waals surface area contributed by atoms with Crippen LogP contribution in [0.5, 0.6) is 0 Å². The summed E-state index contributed by atoms with van der Waals surface area (Å²) in [5.74, 6) is 0.131. The Morgan fingerprint density at radius 1 is 1.31 bits per heavy atom. The van der Waals surface area contributed by atoms with Gasteiger partial charge in [0.15, 0.2) is 0 Å². The molecule has 0 aliphatic carbocycles. The molecule has 2 aromatic heterocycles. The lowest BCUT2D eigenvalue weighted by Crippen LogP contribution is -2.42. The van der Waals surface area contributed by atoms with E-state index in [0.717, 1.165) is 22.8 Å². The summed E-state index contributed by atoms with van der Waals surface area (Å²) in [6.07, 6.45) is 2.17. The molecule has 1 atom stereocenters. The second-order valence-electron chi connectivity index (χ2n) is 6.96. The molecule has 140 valence electrons. The highest BCUT2D eigenvalue weighted by Gasteiger charge is 2.26. The molecule has 0 unspecified atom stereocenters. The topological polar surface area (TPSA) is 63.5 Å². The summed E-state index contributed by atoms with van der Waals surface area (Å²) in [6.45, 7) is 6.22. The number of aromatic nitrogens is 3. The highest BCUT2D eigenvalue weighted by Crippen LogP contribution is 2.25. The van der Waals surface area contributed by atoms with Gasteiger partial charge in [0.1, 0.15) is 6.10 Å². The summed E-state index contributed by atoms with van der Waals surface area (Å²) >= 11 is 0. The van der Waals surface area contributed by atoms with Gasteiger partial charge in [0.25, 0.3) is 0 Å². The van der Waals surface area contributed by atoms with Crippen molar-refractivity contribution >= 4 is 11.6 Å². The Kier molecular flexibility index (Phi) is 5.56. The molecule has 1 aliphatic heterocycles. The van der Waals surface area contributed by atoms with E-state index in [1.807, 2.05) is 61.9 Å². The van der Waals surface area contributed by atoms with Gasteiger partial charge < -0.3 is 14.5 Å². The first-order valence-corrected chi connectivity index (χ1v) is 8.98. The second kappa shape index (κ2) is 7.86. The number of morpholine rings is 1. The van der Waals surface area contributed by atoms with E-state index in [2.05, 4.69) is 15.0 Å². The van der Waals surface area contributed by atoms with E-state index in [-0.39, 0.29) is 12.0 Å². The van der Waals surface area contributed by atoms with Crippen molar-refractivity contribution in [3.63, 3.8) is 0 Å². The Hall–Kier alpha value is -2.41. The maximum absolute atomic E-state index is 12.6. The van der Waals surface area contributed by atoms with Crippen molar-refractivity contribution in [2.75, 3.05) is 38.7 Å². The van der Waals surface area contributed by atoms with Crippen LogP contribution in [0.2, 0.25) is 0 Å². The van der Waals surface area contributed by atoms with Crippen LogP contribution in [0.3, 0.4) is 0 Å². The molecule has 7 heteroatoms. The molecule has 1 saturated heterocycles. The van der Waals surface area contributed by atoms with E-state index in [9.17, 15) is 4.79 Å². The van der Waals surface area contributed by atoms with Crippen molar-refractivity contribution in [3.8, 4) is 0 Å². The predicted octanol–water partition coefficient (Wildman–Crippen LogP) is 1.95. The number of nitrogens with zero attached hydrogens (tertiary/aromatic N) is 5. The lowest BCUT2D eigenvalue weighted by Gasteiger charge is -2.33. The molecule has 0 bridgehead atoms. The Morgan fingerprint density at radius 2 is 2.12 bits per heavy atom. The maximum Gasteiger partial charge on any atom is 0.224 e. The van der Waals surface area contributed by atoms with Gasteiger partial charge in [-0.1, -0.05) is 0 Å². The molecule has 1 amide bonds. The van der Waals surface area contributed by atoms with E-state index >= 15 is 0 Å². The van der Waals surface area contributed by atoms with E-state index in [4.69, 9.17) is 4.74 Å². The van der Waals surface area contributed by atoms with Gasteiger partial charge in [-0.3, -0.25) is 14.5 Å². The molecule has 1 fully saturated rings. The number of carbonyl (C=O) groups excluding carboxylic acids is 1. The highest BCUT2D eigenvalue weighted by molar-refractivity contribution is 5.76. The number of hydrogen-bond donors (Lipinski definition) is 0. The number of rotatable bonds is 5. The number of anilines is 1. The van der Waals surface area contributed by atoms with Crippen LogP contribution in [0, 0.1) is 13.8 Å². The Bertz CT molecular complexity index is 771. The van der Waals surface area contributed by atoms with Gasteiger partial charge in [-0.2, -0.15) is 5.10 Å². The number of amides is 1. The third-order valence-electron chi connectivity index (χ3n) is 4.55. The van der Waals surface area contributed by atoms with Crippen molar-refractivity contribution in [2.45, 2.75) is 32.9 Å². The van der Waals surface area contributed by atoms with Crippen LogP contribution in [-0.4, -0.2) is 59.4 Å². The van der Waals surface area contributed by atoms with Crippen molar-refractivity contribution < 1.29 is 9.53 Å². The minimum absolute atomic E-state index is 0.131. The molecule has 26 heavy (non-hydrogen) atoms. The number of pyridine rings is 1. The van der Waals surface area contributed by atoms with Gasteiger partial charge >= 0.3 is 0 Å². The first-order valence-electron chi connectivity index (χ1n) is 8.98. The minimum Gasteiger partial charge on any atom is -0.378 e. The van der Waals surface area contributed by atoms with Crippen molar-refractivity contribution in [3.05, 3.63) is 41.5 Å². The van der Waals surface area contributed by atoms with E-state index in [1.165, 1.54) is 0 Å². The lowest BCUT2D eigenvalue weighted by atomic mass is 10.1. The Labute approximate surface area is 154 Å². The van der Waals surface area contributed by atoms with Crippen LogP contribution >= 0.6 is 0 Å². The van der Waals surface area contributed by atoms with Gasteiger partial charge in [-0.25, -0.2) is 0 Å². The summed E-state index contributed by atoms with van der Waals surface area (Å²) in [7, 11) is 4.01. The van der Waals surface area contributed by atoms with E-state index < -0.39 is 0 Å². The zero-order chi connectivity index (χ0) is 18.7. The zero-order valence-electron chi connectivity index (χ0n) is 16.0. The van der Waals surface area contributed by atoms with Crippen LogP contribution in [0.15, 0.2) is 24.4 Å². The normalized spacial score (nSPS) is 17.4. The molecule has 2 aromatic rings. The van der Waals surface area contributed by atoms with Crippen LogP contribution < -0.4 is 4.90 Å². The van der Waals surface area contributed by atoms with Gasteiger partial charge in [-0.15, -0.1) is 0 Å². The van der Waals surface area contributed by atoms with Crippen molar-refractivity contribution in [1.82, 2.24) is 19.7 Å². The molecule has 0 radical (unpaired) electrons. The number of aryl methyl sites for hydroxylation is 3. The summed E-state index contributed by atoms with van der Waals surface area (Å²) in [6, 6.07) is 6.03. The molecule has 0 saturated carbocycles. The summed E-state index contributed by atoms with van der Waals surface area (Å²) in [5.41, 5.74) is 3.89. The summed E-state index contributed by atoms with van der Waals surface area (Å²) in [5, 5.41) is 4.33. The zero-order valence-corrected chi connectivity index (χ0v) is 16.0. The number of hydrogen-bond acceptors (Lipinski definition) is 5. The van der Waals surface area contributed by atoms with Crippen LogP contribution in [0.25, 0.3) is 0 Å². The fourth-order valence-electron chi connectivity index (χ4n) is 3.11. The molecule has 3 rings (SSSR count). The molecular formula is C19H27N5O2. The fraction of sp³-hybridized carbons (Fsp3) is 0.526. The van der Waals surface area contributed by atoms with Crippen LogP contribution in [-0.2, 0) is 16.1 Å². The van der Waals surface area contributed by atoms with Gasteiger partial charge in [0, 0.05) is 51.2 Å².